The lowest BCUT2D eigenvalue weighted by Crippen LogP contribution is -2.21. The summed E-state index contributed by atoms with van der Waals surface area (Å²) in [7, 11) is 0. The zero-order valence-electron chi connectivity index (χ0n) is 15.4. The van der Waals surface area contributed by atoms with Crippen molar-refractivity contribution in [1.82, 2.24) is 5.32 Å². The number of fused-ring (bicyclic) bond motifs is 1. The Morgan fingerprint density at radius 3 is 2.71 bits per heavy atom. The molecule has 0 aromatic heterocycles. The SMILES string of the molecule is C=CC(=O)NCc1cc(-c2ccc(OC(C)(F)F)cc2)c2c(c1CO)CCO2. The lowest BCUT2D eigenvalue weighted by Gasteiger charge is -2.17. The van der Waals surface area contributed by atoms with Gasteiger partial charge < -0.3 is 19.9 Å². The molecule has 1 aliphatic heterocycles. The molecule has 1 aliphatic rings. The van der Waals surface area contributed by atoms with Gasteiger partial charge in [-0.1, -0.05) is 18.7 Å². The van der Waals surface area contributed by atoms with Crippen LogP contribution in [0.2, 0.25) is 0 Å². The summed E-state index contributed by atoms with van der Waals surface area (Å²) in [6.45, 7) is 4.64. The molecule has 3 rings (SSSR count). The van der Waals surface area contributed by atoms with Crippen molar-refractivity contribution in [1.29, 1.82) is 0 Å². The molecule has 0 aliphatic carbocycles. The van der Waals surface area contributed by atoms with Crippen molar-refractivity contribution < 1.29 is 28.2 Å². The molecule has 5 nitrogen and oxygen atoms in total. The highest BCUT2D eigenvalue weighted by molar-refractivity contribution is 5.87. The summed E-state index contributed by atoms with van der Waals surface area (Å²) in [5.74, 6) is 0.404. The average Bonchev–Trinajstić information content (AvgIpc) is 3.14. The molecule has 0 atom stereocenters. The van der Waals surface area contributed by atoms with Crippen molar-refractivity contribution in [2.24, 2.45) is 0 Å². The fourth-order valence-corrected chi connectivity index (χ4v) is 3.24. The maximum atomic E-state index is 13.0. The summed E-state index contributed by atoms with van der Waals surface area (Å²) in [5, 5.41) is 12.6. The predicted octanol–water partition coefficient (Wildman–Crippen LogP) is 3.57. The van der Waals surface area contributed by atoms with Gasteiger partial charge in [0.1, 0.15) is 11.5 Å². The second-order valence-electron chi connectivity index (χ2n) is 6.48. The van der Waals surface area contributed by atoms with Gasteiger partial charge in [-0.3, -0.25) is 4.79 Å². The number of alkyl halides is 2. The van der Waals surface area contributed by atoms with Gasteiger partial charge in [-0.2, -0.15) is 8.78 Å². The van der Waals surface area contributed by atoms with Crippen molar-refractivity contribution in [3.8, 4) is 22.6 Å². The van der Waals surface area contributed by atoms with Crippen LogP contribution in [0.25, 0.3) is 11.1 Å². The van der Waals surface area contributed by atoms with Crippen LogP contribution in [0.3, 0.4) is 0 Å². The highest BCUT2D eigenvalue weighted by Gasteiger charge is 2.25. The maximum absolute atomic E-state index is 13.0. The van der Waals surface area contributed by atoms with E-state index >= 15 is 0 Å². The molecule has 0 bridgehead atoms. The molecule has 2 aromatic rings. The number of amides is 1. The minimum Gasteiger partial charge on any atom is -0.492 e. The van der Waals surface area contributed by atoms with E-state index in [2.05, 4.69) is 16.6 Å². The van der Waals surface area contributed by atoms with Crippen LogP contribution in [0.4, 0.5) is 8.78 Å². The Kier molecular flexibility index (Phi) is 5.65. The van der Waals surface area contributed by atoms with Crippen LogP contribution in [-0.4, -0.2) is 23.7 Å². The van der Waals surface area contributed by atoms with E-state index in [9.17, 15) is 18.7 Å². The fourth-order valence-electron chi connectivity index (χ4n) is 3.24. The summed E-state index contributed by atoms with van der Waals surface area (Å²) >= 11 is 0. The van der Waals surface area contributed by atoms with E-state index in [1.807, 2.05) is 6.07 Å². The second kappa shape index (κ2) is 7.98. The zero-order chi connectivity index (χ0) is 20.3. The van der Waals surface area contributed by atoms with Gasteiger partial charge in [-0.25, -0.2) is 0 Å². The van der Waals surface area contributed by atoms with Crippen LogP contribution in [0.1, 0.15) is 23.6 Å². The fraction of sp³-hybridized carbons (Fsp3) is 0.286. The highest BCUT2D eigenvalue weighted by Crippen LogP contribution is 2.41. The first kappa shape index (κ1) is 19.8. The number of hydrogen-bond acceptors (Lipinski definition) is 4. The molecule has 7 heteroatoms. The van der Waals surface area contributed by atoms with Crippen LogP contribution >= 0.6 is 0 Å². The van der Waals surface area contributed by atoms with Crippen LogP contribution in [0, 0.1) is 0 Å². The smallest absolute Gasteiger partial charge is 0.394 e. The van der Waals surface area contributed by atoms with Gasteiger partial charge in [0.25, 0.3) is 0 Å². The maximum Gasteiger partial charge on any atom is 0.394 e. The largest absolute Gasteiger partial charge is 0.492 e. The van der Waals surface area contributed by atoms with Crippen molar-refractivity contribution in [3.05, 3.63) is 59.7 Å². The van der Waals surface area contributed by atoms with Gasteiger partial charge in [-0.15, -0.1) is 0 Å². The highest BCUT2D eigenvalue weighted by atomic mass is 19.3. The Balaban J connectivity index is 1.99. The molecular formula is C21H21F2NO4. The van der Waals surface area contributed by atoms with Gasteiger partial charge in [0.2, 0.25) is 5.91 Å². The molecule has 0 unspecified atom stereocenters. The van der Waals surface area contributed by atoms with E-state index in [-0.39, 0.29) is 24.8 Å². The molecular weight excluding hydrogens is 368 g/mol. The van der Waals surface area contributed by atoms with Gasteiger partial charge in [0.15, 0.2) is 0 Å². The van der Waals surface area contributed by atoms with E-state index in [1.54, 1.807) is 12.1 Å². The Hall–Kier alpha value is -2.93. The Labute approximate surface area is 161 Å². The number of aliphatic hydroxyl groups excluding tert-OH is 1. The molecule has 2 aromatic carbocycles. The molecule has 148 valence electrons. The lowest BCUT2D eigenvalue weighted by molar-refractivity contribution is -0.158. The van der Waals surface area contributed by atoms with E-state index in [1.165, 1.54) is 18.2 Å². The number of carbonyl (C=O) groups excluding carboxylic acids is 1. The number of benzene rings is 2. The summed E-state index contributed by atoms with van der Waals surface area (Å²) in [5.41, 5.74) is 3.90. The minimum atomic E-state index is -3.26. The first-order valence-corrected chi connectivity index (χ1v) is 8.81. The van der Waals surface area contributed by atoms with Crippen LogP contribution in [-0.2, 0) is 24.4 Å². The molecule has 28 heavy (non-hydrogen) atoms. The van der Waals surface area contributed by atoms with Crippen LogP contribution in [0.15, 0.2) is 43.0 Å². The molecule has 0 spiro atoms. The lowest BCUT2D eigenvalue weighted by atomic mass is 9.92. The van der Waals surface area contributed by atoms with Crippen molar-refractivity contribution in [2.75, 3.05) is 6.61 Å². The Morgan fingerprint density at radius 2 is 2.11 bits per heavy atom. The topological polar surface area (TPSA) is 67.8 Å². The molecule has 0 saturated heterocycles. The van der Waals surface area contributed by atoms with Crippen molar-refractivity contribution in [3.63, 3.8) is 0 Å². The van der Waals surface area contributed by atoms with E-state index in [0.29, 0.717) is 25.7 Å². The number of aliphatic hydroxyl groups is 1. The molecule has 0 fully saturated rings. The summed E-state index contributed by atoms with van der Waals surface area (Å²) in [6.07, 6.45) is -1.44. The molecule has 1 amide bonds. The van der Waals surface area contributed by atoms with E-state index in [4.69, 9.17) is 4.74 Å². The Morgan fingerprint density at radius 1 is 1.39 bits per heavy atom. The normalized spacial score (nSPS) is 12.9. The average molecular weight is 389 g/mol. The minimum absolute atomic E-state index is 0.0549. The van der Waals surface area contributed by atoms with Gasteiger partial charge >= 0.3 is 6.11 Å². The number of ether oxygens (including phenoxy) is 2. The number of carbonyl (C=O) groups is 1. The van der Waals surface area contributed by atoms with E-state index in [0.717, 1.165) is 27.8 Å². The second-order valence-corrected chi connectivity index (χ2v) is 6.48. The van der Waals surface area contributed by atoms with Crippen molar-refractivity contribution >= 4 is 5.91 Å². The number of rotatable bonds is 7. The van der Waals surface area contributed by atoms with Gasteiger partial charge in [0, 0.05) is 31.0 Å². The molecule has 0 radical (unpaired) electrons. The van der Waals surface area contributed by atoms with Crippen LogP contribution < -0.4 is 14.8 Å². The molecule has 1 heterocycles. The Bertz CT molecular complexity index is 889. The zero-order valence-corrected chi connectivity index (χ0v) is 15.4. The van der Waals surface area contributed by atoms with Gasteiger partial charge in [-0.05, 0) is 41.0 Å². The van der Waals surface area contributed by atoms with E-state index < -0.39 is 6.11 Å². The standard InChI is InChI=1S/C21H21F2NO4/c1-3-19(26)24-11-14-10-17(20-16(8-9-27-20)18(14)12-25)13-4-6-15(7-5-13)28-21(2,22)23/h3-7,10,25H,1,8-9,11-12H2,2H3,(H,24,26). The summed E-state index contributed by atoms with van der Waals surface area (Å²) in [4.78, 5) is 11.5. The monoisotopic (exact) mass is 389 g/mol. The third-order valence-electron chi connectivity index (χ3n) is 4.45. The summed E-state index contributed by atoms with van der Waals surface area (Å²) in [6, 6.07) is 8.11. The first-order valence-electron chi connectivity index (χ1n) is 8.81. The summed E-state index contributed by atoms with van der Waals surface area (Å²) < 4.78 is 36.4. The first-order chi connectivity index (χ1) is 13.3. The number of hydrogen-bond donors (Lipinski definition) is 2. The number of halogens is 2. The van der Waals surface area contributed by atoms with Gasteiger partial charge in [0.05, 0.1) is 13.2 Å². The third kappa shape index (κ3) is 4.31. The third-order valence-corrected chi connectivity index (χ3v) is 4.45. The van der Waals surface area contributed by atoms with Crippen LogP contribution in [0.5, 0.6) is 11.5 Å². The quantitative estimate of drug-likeness (QED) is 0.711. The predicted molar refractivity (Wildman–Crippen MR) is 100 cm³/mol. The van der Waals surface area contributed by atoms with Crippen molar-refractivity contribution in [2.45, 2.75) is 32.6 Å². The molecule has 0 saturated carbocycles. The molecule has 2 N–H and O–H groups in total. The number of nitrogens with one attached hydrogen (secondary N) is 1.